The predicted octanol–water partition coefficient (Wildman–Crippen LogP) is 5.58. The number of nitrogens with zero attached hydrogens (tertiary/aromatic N) is 2. The number of hydrogen-bond donors (Lipinski definition) is 1. The molecule has 36 heavy (non-hydrogen) atoms. The first kappa shape index (κ1) is 24.3. The van der Waals surface area contributed by atoms with E-state index in [1.165, 1.54) is 12.1 Å². The van der Waals surface area contributed by atoms with Crippen LogP contribution in [0, 0.1) is 11.7 Å². The predicted molar refractivity (Wildman–Crippen MR) is 139 cm³/mol. The number of amides is 2. The molecule has 1 unspecified atom stereocenters. The van der Waals surface area contributed by atoms with E-state index in [4.69, 9.17) is 4.74 Å². The molecule has 0 aromatic heterocycles. The first-order valence-electron chi connectivity index (χ1n) is 12.7. The zero-order valence-corrected chi connectivity index (χ0v) is 20.6. The molecule has 2 aliphatic rings. The lowest BCUT2D eigenvalue weighted by atomic mass is 9.87. The van der Waals surface area contributed by atoms with Crippen LogP contribution < -0.4 is 10.1 Å². The fourth-order valence-corrected chi connectivity index (χ4v) is 5.49. The molecule has 188 valence electrons. The fourth-order valence-electron chi connectivity index (χ4n) is 5.49. The SMILES string of the molecule is COc1ccc2cc(C(=O)C3CCCN(C4CCN(C(=O)Nc5cccc(F)c5)CC4)C3)ccc2c1. The van der Waals surface area contributed by atoms with Gasteiger partial charge in [-0.3, -0.25) is 9.69 Å². The van der Waals surface area contributed by atoms with Gasteiger partial charge in [0.05, 0.1) is 7.11 Å². The summed E-state index contributed by atoms with van der Waals surface area (Å²) in [6.45, 7) is 3.05. The number of carbonyl (C=O) groups excluding carboxylic acids is 2. The summed E-state index contributed by atoms with van der Waals surface area (Å²) >= 11 is 0. The number of urea groups is 1. The van der Waals surface area contributed by atoms with E-state index in [9.17, 15) is 14.0 Å². The highest BCUT2D eigenvalue weighted by Crippen LogP contribution is 2.28. The monoisotopic (exact) mass is 489 g/mol. The molecule has 2 saturated heterocycles. The number of fused-ring (bicyclic) bond motifs is 1. The number of benzene rings is 3. The van der Waals surface area contributed by atoms with Crippen LogP contribution in [-0.4, -0.2) is 60.9 Å². The Bertz CT molecular complexity index is 1260. The maximum atomic E-state index is 13.4. The Balaban J connectivity index is 1.17. The molecule has 2 heterocycles. The molecule has 0 bridgehead atoms. The highest BCUT2D eigenvalue weighted by molar-refractivity contribution is 6.01. The quantitative estimate of drug-likeness (QED) is 0.476. The summed E-state index contributed by atoms with van der Waals surface area (Å²) in [6, 6.07) is 17.9. The molecular weight excluding hydrogens is 457 g/mol. The number of halogens is 1. The molecule has 1 atom stereocenters. The molecule has 0 saturated carbocycles. The smallest absolute Gasteiger partial charge is 0.321 e. The molecule has 2 fully saturated rings. The highest BCUT2D eigenvalue weighted by atomic mass is 19.1. The minimum Gasteiger partial charge on any atom is -0.497 e. The van der Waals surface area contributed by atoms with Crippen molar-refractivity contribution in [3.8, 4) is 5.75 Å². The van der Waals surface area contributed by atoms with E-state index < -0.39 is 0 Å². The summed E-state index contributed by atoms with van der Waals surface area (Å²) in [7, 11) is 1.65. The number of rotatable bonds is 5. The summed E-state index contributed by atoms with van der Waals surface area (Å²) in [4.78, 5) is 30.2. The van der Waals surface area contributed by atoms with Crippen molar-refractivity contribution in [2.45, 2.75) is 31.7 Å². The lowest BCUT2D eigenvalue weighted by Gasteiger charge is -2.42. The summed E-state index contributed by atoms with van der Waals surface area (Å²) in [5, 5.41) is 4.89. The Kier molecular flexibility index (Phi) is 7.18. The van der Waals surface area contributed by atoms with Crippen LogP contribution in [0.4, 0.5) is 14.9 Å². The number of Topliss-reactive ketones (excluding diaryl/α,β-unsaturated/α-hetero) is 1. The van der Waals surface area contributed by atoms with E-state index in [0.717, 1.165) is 60.9 Å². The Labute approximate surface area is 211 Å². The zero-order chi connectivity index (χ0) is 25.1. The molecule has 0 spiro atoms. The van der Waals surface area contributed by atoms with Crippen LogP contribution in [0.25, 0.3) is 10.8 Å². The molecule has 6 nitrogen and oxygen atoms in total. The van der Waals surface area contributed by atoms with Crippen LogP contribution in [0.2, 0.25) is 0 Å². The second kappa shape index (κ2) is 10.7. The second-order valence-corrected chi connectivity index (χ2v) is 9.78. The summed E-state index contributed by atoms with van der Waals surface area (Å²) in [6.07, 6.45) is 3.65. The largest absolute Gasteiger partial charge is 0.497 e. The lowest BCUT2D eigenvalue weighted by molar-refractivity contribution is 0.0644. The van der Waals surface area contributed by atoms with Crippen molar-refractivity contribution in [3.05, 3.63) is 72.0 Å². The number of hydrogen-bond acceptors (Lipinski definition) is 4. The number of carbonyl (C=O) groups is 2. The Morgan fingerprint density at radius 3 is 2.50 bits per heavy atom. The molecule has 7 heteroatoms. The van der Waals surface area contributed by atoms with Crippen LogP contribution in [-0.2, 0) is 0 Å². The number of ether oxygens (including phenoxy) is 1. The van der Waals surface area contributed by atoms with Crippen molar-refractivity contribution in [2.75, 3.05) is 38.6 Å². The van der Waals surface area contributed by atoms with Crippen molar-refractivity contribution in [1.82, 2.24) is 9.80 Å². The molecule has 0 aliphatic carbocycles. The van der Waals surface area contributed by atoms with Crippen molar-refractivity contribution < 1.29 is 18.7 Å². The van der Waals surface area contributed by atoms with Crippen molar-refractivity contribution in [3.63, 3.8) is 0 Å². The number of anilines is 1. The third-order valence-electron chi connectivity index (χ3n) is 7.50. The maximum absolute atomic E-state index is 13.4. The van der Waals surface area contributed by atoms with Gasteiger partial charge in [-0.15, -0.1) is 0 Å². The normalized spacial score (nSPS) is 19.3. The average molecular weight is 490 g/mol. The highest BCUT2D eigenvalue weighted by Gasteiger charge is 2.33. The number of ketones is 1. The minimum absolute atomic E-state index is 0.0104. The standard InChI is InChI=1S/C29H32FN3O3/c1-36-27-10-9-20-16-22(8-7-21(20)17-27)28(34)23-4-3-13-33(19-23)26-11-14-32(15-12-26)29(35)31-25-6-2-5-24(30)18-25/h2,5-10,16-18,23,26H,3-4,11-15,19H2,1H3,(H,31,35). The van der Waals surface area contributed by atoms with Gasteiger partial charge in [0.2, 0.25) is 0 Å². The number of nitrogens with one attached hydrogen (secondary N) is 1. The van der Waals surface area contributed by atoms with Gasteiger partial charge in [0, 0.05) is 42.8 Å². The van der Waals surface area contributed by atoms with E-state index in [0.29, 0.717) is 24.8 Å². The van der Waals surface area contributed by atoms with Gasteiger partial charge in [0.25, 0.3) is 0 Å². The molecule has 1 N–H and O–H groups in total. The second-order valence-electron chi connectivity index (χ2n) is 9.78. The van der Waals surface area contributed by atoms with Crippen LogP contribution in [0.1, 0.15) is 36.0 Å². The van der Waals surface area contributed by atoms with Gasteiger partial charge in [0.1, 0.15) is 11.6 Å². The van der Waals surface area contributed by atoms with Gasteiger partial charge in [0.15, 0.2) is 5.78 Å². The van der Waals surface area contributed by atoms with Crippen molar-refractivity contribution >= 4 is 28.3 Å². The lowest BCUT2D eigenvalue weighted by Crippen LogP contribution is -2.51. The van der Waals surface area contributed by atoms with E-state index in [1.54, 1.807) is 24.1 Å². The van der Waals surface area contributed by atoms with Crippen molar-refractivity contribution in [2.24, 2.45) is 5.92 Å². The first-order valence-corrected chi connectivity index (χ1v) is 12.7. The van der Waals surface area contributed by atoms with Gasteiger partial charge in [-0.1, -0.05) is 24.3 Å². The van der Waals surface area contributed by atoms with Gasteiger partial charge in [-0.2, -0.15) is 0 Å². The number of likely N-dealkylation sites (tertiary alicyclic amines) is 2. The molecule has 3 aromatic carbocycles. The average Bonchev–Trinajstić information content (AvgIpc) is 2.92. The van der Waals surface area contributed by atoms with E-state index in [-0.39, 0.29) is 23.5 Å². The van der Waals surface area contributed by atoms with Crippen molar-refractivity contribution in [1.29, 1.82) is 0 Å². The molecular formula is C29H32FN3O3. The third-order valence-corrected chi connectivity index (χ3v) is 7.50. The summed E-state index contributed by atoms with van der Waals surface area (Å²) in [5.41, 5.74) is 1.23. The van der Waals surface area contributed by atoms with Gasteiger partial charge in [-0.05, 0) is 79.4 Å². The number of piperidine rings is 2. The minimum atomic E-state index is -0.371. The van der Waals surface area contributed by atoms with E-state index in [1.807, 2.05) is 36.4 Å². The van der Waals surface area contributed by atoms with Crippen LogP contribution >= 0.6 is 0 Å². The summed E-state index contributed by atoms with van der Waals surface area (Å²) in [5.74, 6) is 0.639. The fraction of sp³-hybridized carbons (Fsp3) is 0.379. The molecule has 2 amide bonds. The number of methoxy groups -OCH3 is 1. The third kappa shape index (κ3) is 5.36. The van der Waals surface area contributed by atoms with E-state index in [2.05, 4.69) is 10.2 Å². The van der Waals surface area contributed by atoms with Crippen LogP contribution in [0.15, 0.2) is 60.7 Å². The van der Waals surface area contributed by atoms with Crippen LogP contribution in [0.5, 0.6) is 5.75 Å². The maximum Gasteiger partial charge on any atom is 0.321 e. The summed E-state index contributed by atoms with van der Waals surface area (Å²) < 4.78 is 18.7. The van der Waals surface area contributed by atoms with Crippen LogP contribution in [0.3, 0.4) is 0 Å². The molecule has 2 aliphatic heterocycles. The Morgan fingerprint density at radius 2 is 1.72 bits per heavy atom. The zero-order valence-electron chi connectivity index (χ0n) is 20.6. The van der Waals surface area contributed by atoms with Gasteiger partial charge >= 0.3 is 6.03 Å². The van der Waals surface area contributed by atoms with E-state index >= 15 is 0 Å². The first-order chi connectivity index (χ1) is 17.5. The Morgan fingerprint density at radius 1 is 0.944 bits per heavy atom. The molecule has 5 rings (SSSR count). The topological polar surface area (TPSA) is 61.9 Å². The molecule has 0 radical (unpaired) electrons. The van der Waals surface area contributed by atoms with Gasteiger partial charge < -0.3 is 15.0 Å². The van der Waals surface area contributed by atoms with Gasteiger partial charge in [-0.25, -0.2) is 9.18 Å². The molecule has 3 aromatic rings. The Hall–Kier alpha value is -3.45.